The number of fused-ring (bicyclic) bond motifs is 1. The summed E-state index contributed by atoms with van der Waals surface area (Å²) >= 11 is 0. The monoisotopic (exact) mass is 354 g/mol. The highest BCUT2D eigenvalue weighted by Gasteiger charge is 2.28. The molecule has 1 aromatic heterocycles. The van der Waals surface area contributed by atoms with Crippen LogP contribution in [0.5, 0.6) is 0 Å². The van der Waals surface area contributed by atoms with E-state index in [0.717, 1.165) is 4.68 Å². The highest BCUT2D eigenvalue weighted by Crippen LogP contribution is 2.21. The fourth-order valence-electron chi connectivity index (χ4n) is 2.93. The number of amides is 1. The van der Waals surface area contributed by atoms with E-state index >= 15 is 0 Å². The Balaban J connectivity index is 1.78. The molecule has 1 aromatic carbocycles. The summed E-state index contributed by atoms with van der Waals surface area (Å²) in [6.07, 6.45) is -2.68. The maximum atomic E-state index is 13.3. The van der Waals surface area contributed by atoms with Gasteiger partial charge >= 0.3 is 5.69 Å². The first-order valence-electron chi connectivity index (χ1n) is 7.85. The predicted octanol–water partition coefficient (Wildman–Crippen LogP) is 1.59. The molecule has 0 saturated carbocycles. The molecule has 3 rings (SSSR count). The molecule has 2 aromatic rings. The van der Waals surface area contributed by atoms with Gasteiger partial charge in [-0.2, -0.15) is 5.10 Å². The highest BCUT2D eigenvalue weighted by molar-refractivity contribution is 5.83. The summed E-state index contributed by atoms with van der Waals surface area (Å²) < 4.78 is 40.4. The van der Waals surface area contributed by atoms with Crippen molar-refractivity contribution in [2.75, 3.05) is 6.54 Å². The first kappa shape index (κ1) is 17.2. The van der Waals surface area contributed by atoms with E-state index in [0.29, 0.717) is 5.56 Å². The second kappa shape index (κ2) is 6.73. The Hall–Kier alpha value is -2.58. The van der Waals surface area contributed by atoms with E-state index in [9.17, 15) is 22.8 Å². The zero-order chi connectivity index (χ0) is 18.1. The smallest absolute Gasteiger partial charge is 0.333 e. The lowest BCUT2D eigenvalue weighted by atomic mass is 9.99. The molecule has 0 N–H and O–H groups in total. The molecule has 1 unspecified atom stereocenters. The van der Waals surface area contributed by atoms with E-state index in [4.69, 9.17) is 0 Å². The van der Waals surface area contributed by atoms with Crippen molar-refractivity contribution in [3.8, 4) is 0 Å². The van der Waals surface area contributed by atoms with Crippen LogP contribution in [0.25, 0.3) is 0 Å². The number of benzene rings is 1. The SMILES string of the molecule is CC(C(=O)N1CCn2c(nn(CC(F)F)c2=O)C1)c1cccc(F)c1. The summed E-state index contributed by atoms with van der Waals surface area (Å²) in [4.78, 5) is 26.2. The molecule has 1 aliphatic rings. The van der Waals surface area contributed by atoms with E-state index < -0.39 is 30.4 Å². The predicted molar refractivity (Wildman–Crippen MR) is 82.7 cm³/mol. The van der Waals surface area contributed by atoms with E-state index in [1.807, 2.05) is 0 Å². The van der Waals surface area contributed by atoms with Crippen LogP contribution in [0.2, 0.25) is 0 Å². The van der Waals surface area contributed by atoms with Gasteiger partial charge in [0.2, 0.25) is 5.91 Å². The van der Waals surface area contributed by atoms with Gasteiger partial charge in [0, 0.05) is 13.1 Å². The molecule has 1 amide bonds. The first-order chi connectivity index (χ1) is 11.9. The van der Waals surface area contributed by atoms with Crippen LogP contribution in [-0.4, -0.2) is 38.1 Å². The summed E-state index contributed by atoms with van der Waals surface area (Å²) in [5.74, 6) is -0.933. The fraction of sp³-hybridized carbons (Fsp3) is 0.438. The van der Waals surface area contributed by atoms with E-state index in [1.165, 1.54) is 27.7 Å². The fourth-order valence-corrected chi connectivity index (χ4v) is 2.93. The third-order valence-corrected chi connectivity index (χ3v) is 4.27. The number of hydrogen-bond donors (Lipinski definition) is 0. The van der Waals surface area contributed by atoms with E-state index in [2.05, 4.69) is 5.10 Å². The summed E-state index contributed by atoms with van der Waals surface area (Å²) in [6, 6.07) is 5.81. The molecular formula is C16H17F3N4O2. The van der Waals surface area contributed by atoms with Gasteiger partial charge in [-0.3, -0.25) is 9.36 Å². The molecule has 0 saturated heterocycles. The van der Waals surface area contributed by atoms with Gasteiger partial charge in [-0.15, -0.1) is 0 Å². The number of hydrogen-bond acceptors (Lipinski definition) is 3. The molecule has 0 bridgehead atoms. The molecular weight excluding hydrogens is 337 g/mol. The molecule has 0 spiro atoms. The molecule has 9 heteroatoms. The van der Waals surface area contributed by atoms with Crippen LogP contribution in [0.1, 0.15) is 24.2 Å². The van der Waals surface area contributed by atoms with Crippen LogP contribution >= 0.6 is 0 Å². The Morgan fingerprint density at radius 2 is 2.08 bits per heavy atom. The maximum Gasteiger partial charge on any atom is 0.346 e. The van der Waals surface area contributed by atoms with Gasteiger partial charge in [-0.1, -0.05) is 12.1 Å². The average Bonchev–Trinajstić information content (AvgIpc) is 2.88. The molecule has 1 atom stereocenters. The molecule has 1 aliphatic heterocycles. The summed E-state index contributed by atoms with van der Waals surface area (Å²) in [6.45, 7) is 1.43. The van der Waals surface area contributed by atoms with Crippen molar-refractivity contribution in [3.05, 3.63) is 52.0 Å². The van der Waals surface area contributed by atoms with Crippen molar-refractivity contribution in [3.63, 3.8) is 0 Å². The van der Waals surface area contributed by atoms with Gasteiger partial charge in [0.15, 0.2) is 5.82 Å². The third kappa shape index (κ3) is 3.45. The Bertz CT molecular complexity index is 846. The minimum absolute atomic E-state index is 0.0595. The van der Waals surface area contributed by atoms with E-state index in [-0.39, 0.29) is 31.4 Å². The summed E-state index contributed by atoms with van der Waals surface area (Å²) in [5, 5.41) is 3.90. The lowest BCUT2D eigenvalue weighted by Crippen LogP contribution is -2.42. The average molecular weight is 354 g/mol. The number of alkyl halides is 2. The van der Waals surface area contributed by atoms with Crippen molar-refractivity contribution in [1.29, 1.82) is 0 Å². The quantitative estimate of drug-likeness (QED) is 0.838. The van der Waals surface area contributed by atoms with Crippen LogP contribution in [0.4, 0.5) is 13.2 Å². The van der Waals surface area contributed by atoms with Gasteiger partial charge in [0.05, 0.1) is 12.5 Å². The maximum absolute atomic E-state index is 13.3. The standard InChI is InChI=1S/C16H17F3N4O2/c1-10(11-3-2-4-12(17)7-11)15(24)21-5-6-22-14(9-21)20-23(16(22)25)8-13(18)19/h2-4,7,10,13H,5-6,8-9H2,1H3. The topological polar surface area (TPSA) is 60.1 Å². The van der Waals surface area contributed by atoms with Gasteiger partial charge in [0.25, 0.3) is 6.43 Å². The number of aromatic nitrogens is 3. The second-order valence-electron chi connectivity index (χ2n) is 5.96. The second-order valence-corrected chi connectivity index (χ2v) is 5.96. The molecule has 25 heavy (non-hydrogen) atoms. The summed E-state index contributed by atoms with van der Waals surface area (Å²) in [7, 11) is 0. The van der Waals surface area contributed by atoms with Gasteiger partial charge < -0.3 is 4.90 Å². The number of nitrogens with zero attached hydrogens (tertiary/aromatic N) is 4. The Morgan fingerprint density at radius 3 is 2.76 bits per heavy atom. The number of halogens is 3. The first-order valence-corrected chi connectivity index (χ1v) is 7.85. The zero-order valence-corrected chi connectivity index (χ0v) is 13.5. The van der Waals surface area contributed by atoms with Crippen molar-refractivity contribution in [2.24, 2.45) is 0 Å². The Kier molecular flexibility index (Phi) is 4.65. The van der Waals surface area contributed by atoms with Gasteiger partial charge in [-0.25, -0.2) is 22.6 Å². The highest BCUT2D eigenvalue weighted by atomic mass is 19.3. The minimum Gasteiger partial charge on any atom is -0.333 e. The van der Waals surface area contributed by atoms with Crippen molar-refractivity contribution in [1.82, 2.24) is 19.2 Å². The largest absolute Gasteiger partial charge is 0.346 e. The number of carbonyl (C=O) groups excluding carboxylic acids is 1. The van der Waals surface area contributed by atoms with Crippen LogP contribution in [0.3, 0.4) is 0 Å². The Labute approximate surface area is 141 Å². The van der Waals surface area contributed by atoms with Crippen LogP contribution in [0.15, 0.2) is 29.1 Å². The van der Waals surface area contributed by atoms with Crippen molar-refractivity contribution >= 4 is 5.91 Å². The number of rotatable bonds is 4. The van der Waals surface area contributed by atoms with Crippen LogP contribution in [0, 0.1) is 5.82 Å². The number of carbonyl (C=O) groups is 1. The lowest BCUT2D eigenvalue weighted by Gasteiger charge is -2.29. The van der Waals surface area contributed by atoms with Crippen molar-refractivity contribution in [2.45, 2.75) is 38.9 Å². The summed E-state index contributed by atoms with van der Waals surface area (Å²) in [5.41, 5.74) is -0.0447. The molecule has 134 valence electrons. The molecule has 0 fully saturated rings. The molecule has 0 aliphatic carbocycles. The van der Waals surface area contributed by atoms with Gasteiger partial charge in [0.1, 0.15) is 12.4 Å². The van der Waals surface area contributed by atoms with E-state index in [1.54, 1.807) is 13.0 Å². The normalized spacial score (nSPS) is 15.3. The Morgan fingerprint density at radius 1 is 1.32 bits per heavy atom. The zero-order valence-electron chi connectivity index (χ0n) is 13.5. The molecule has 6 nitrogen and oxygen atoms in total. The van der Waals surface area contributed by atoms with Crippen LogP contribution < -0.4 is 5.69 Å². The van der Waals surface area contributed by atoms with Crippen molar-refractivity contribution < 1.29 is 18.0 Å². The minimum atomic E-state index is -2.68. The van der Waals surface area contributed by atoms with Gasteiger partial charge in [-0.05, 0) is 24.6 Å². The third-order valence-electron chi connectivity index (χ3n) is 4.27. The molecule has 2 heterocycles. The molecule has 0 radical (unpaired) electrons. The lowest BCUT2D eigenvalue weighted by molar-refractivity contribution is -0.134. The van der Waals surface area contributed by atoms with Crippen LogP contribution in [-0.2, 0) is 24.4 Å².